The fraction of sp³-hybridized carbons (Fsp3) is 0. The molecule has 1 radical (unpaired) electrons. The molecule has 0 aliphatic heterocycles. The van der Waals surface area contributed by atoms with Gasteiger partial charge in [0.05, 0.1) is 5.56 Å². The van der Waals surface area contributed by atoms with Gasteiger partial charge in [0, 0.05) is 0 Å². The molecular weight excluding hydrogens is 135 g/mol. The Morgan fingerprint density at radius 3 is 2.80 bits per heavy atom. The maximum Gasteiger partial charge on any atom is 0.336 e. The highest BCUT2D eigenvalue weighted by Crippen LogP contribution is 2.01. The zero-order chi connectivity index (χ0) is 7.56. The van der Waals surface area contributed by atoms with Crippen molar-refractivity contribution in [2.45, 2.75) is 0 Å². The second-order valence-electron chi connectivity index (χ2n) is 1.73. The van der Waals surface area contributed by atoms with Crippen LogP contribution in [0.5, 0.6) is 0 Å². The summed E-state index contributed by atoms with van der Waals surface area (Å²) in [6.07, 6.45) is 0. The highest BCUT2D eigenvalue weighted by atomic mass is 19.1. The molecule has 0 atom stereocenters. The van der Waals surface area contributed by atoms with Gasteiger partial charge >= 0.3 is 5.97 Å². The van der Waals surface area contributed by atoms with E-state index >= 15 is 0 Å². The SMILES string of the molecule is O=C(O)c1[c]ccc(F)c1. The van der Waals surface area contributed by atoms with E-state index in [1.54, 1.807) is 0 Å². The molecule has 0 amide bonds. The summed E-state index contributed by atoms with van der Waals surface area (Å²) >= 11 is 0. The molecule has 0 spiro atoms. The molecule has 0 fully saturated rings. The summed E-state index contributed by atoms with van der Waals surface area (Å²) in [4.78, 5) is 10.2. The molecule has 0 saturated carbocycles. The third-order valence-electron chi connectivity index (χ3n) is 0.994. The third kappa shape index (κ3) is 1.31. The van der Waals surface area contributed by atoms with Crippen molar-refractivity contribution < 1.29 is 14.3 Å². The van der Waals surface area contributed by atoms with E-state index in [0.717, 1.165) is 12.1 Å². The van der Waals surface area contributed by atoms with Gasteiger partial charge in [-0.3, -0.25) is 0 Å². The lowest BCUT2D eigenvalue weighted by Crippen LogP contribution is -1.95. The number of carboxylic acids is 1. The summed E-state index contributed by atoms with van der Waals surface area (Å²) in [6.45, 7) is 0. The Balaban J connectivity index is 3.07. The molecule has 1 aromatic carbocycles. The van der Waals surface area contributed by atoms with Crippen LogP contribution in [-0.2, 0) is 0 Å². The number of aromatic carboxylic acids is 1. The maximum atomic E-state index is 12.2. The minimum Gasteiger partial charge on any atom is -0.478 e. The average molecular weight is 139 g/mol. The van der Waals surface area contributed by atoms with Crippen LogP contribution >= 0.6 is 0 Å². The Labute approximate surface area is 56.9 Å². The minimum absolute atomic E-state index is 0.153. The van der Waals surface area contributed by atoms with Crippen LogP contribution in [0, 0.1) is 11.9 Å². The van der Waals surface area contributed by atoms with E-state index in [4.69, 9.17) is 5.11 Å². The minimum atomic E-state index is -1.17. The van der Waals surface area contributed by atoms with E-state index in [9.17, 15) is 9.18 Å². The van der Waals surface area contributed by atoms with Crippen molar-refractivity contribution in [2.24, 2.45) is 0 Å². The maximum absolute atomic E-state index is 12.2. The number of hydrogen-bond donors (Lipinski definition) is 1. The topological polar surface area (TPSA) is 37.3 Å². The van der Waals surface area contributed by atoms with Crippen molar-refractivity contribution in [3.05, 3.63) is 35.6 Å². The average Bonchev–Trinajstić information content (AvgIpc) is 1.88. The van der Waals surface area contributed by atoms with E-state index in [0.29, 0.717) is 0 Å². The predicted molar refractivity (Wildman–Crippen MR) is 32.2 cm³/mol. The van der Waals surface area contributed by atoms with Crippen LogP contribution < -0.4 is 0 Å². The van der Waals surface area contributed by atoms with Gasteiger partial charge in [0.25, 0.3) is 0 Å². The molecule has 51 valence electrons. The molecule has 0 unspecified atom stereocenters. The van der Waals surface area contributed by atoms with Gasteiger partial charge in [0.2, 0.25) is 0 Å². The Morgan fingerprint density at radius 1 is 1.70 bits per heavy atom. The van der Waals surface area contributed by atoms with Crippen LogP contribution in [-0.4, -0.2) is 11.1 Å². The fourth-order valence-corrected chi connectivity index (χ4v) is 0.562. The first-order chi connectivity index (χ1) is 4.70. The number of carboxylic acid groups (broad SMARTS) is 1. The third-order valence-corrected chi connectivity index (χ3v) is 0.994. The fourth-order valence-electron chi connectivity index (χ4n) is 0.562. The molecule has 0 aliphatic rings. The Morgan fingerprint density at radius 2 is 2.40 bits per heavy atom. The zero-order valence-corrected chi connectivity index (χ0v) is 4.97. The molecule has 0 aromatic heterocycles. The Bertz CT molecular complexity index is 258. The number of rotatable bonds is 1. The molecule has 1 aromatic rings. The van der Waals surface area contributed by atoms with Gasteiger partial charge in [0.1, 0.15) is 5.82 Å². The summed E-state index contributed by atoms with van der Waals surface area (Å²) in [5.41, 5.74) is -0.153. The largest absolute Gasteiger partial charge is 0.478 e. The lowest BCUT2D eigenvalue weighted by atomic mass is 10.2. The molecule has 1 rings (SSSR count). The highest BCUT2D eigenvalue weighted by Gasteiger charge is 2.01. The van der Waals surface area contributed by atoms with Crippen molar-refractivity contribution >= 4 is 5.97 Å². The van der Waals surface area contributed by atoms with E-state index in [2.05, 4.69) is 6.07 Å². The molecule has 0 heterocycles. The second-order valence-corrected chi connectivity index (χ2v) is 1.73. The normalized spacial score (nSPS) is 9.30. The molecule has 0 aliphatic carbocycles. The van der Waals surface area contributed by atoms with Gasteiger partial charge in [-0.15, -0.1) is 0 Å². The lowest BCUT2D eigenvalue weighted by molar-refractivity contribution is 0.0696. The summed E-state index contributed by atoms with van der Waals surface area (Å²) < 4.78 is 12.2. The van der Waals surface area contributed by atoms with Gasteiger partial charge in [-0.2, -0.15) is 0 Å². The molecular formula is C7H4FO2. The summed E-state index contributed by atoms with van der Waals surface area (Å²) in [7, 11) is 0. The monoisotopic (exact) mass is 139 g/mol. The highest BCUT2D eigenvalue weighted by molar-refractivity contribution is 5.87. The lowest BCUT2D eigenvalue weighted by Gasteiger charge is -1.90. The van der Waals surface area contributed by atoms with E-state index in [1.807, 2.05) is 0 Å². The van der Waals surface area contributed by atoms with Gasteiger partial charge in [0.15, 0.2) is 0 Å². The van der Waals surface area contributed by atoms with Gasteiger partial charge < -0.3 is 5.11 Å². The van der Waals surface area contributed by atoms with Crippen molar-refractivity contribution in [1.29, 1.82) is 0 Å². The van der Waals surface area contributed by atoms with Crippen molar-refractivity contribution in [2.75, 3.05) is 0 Å². The van der Waals surface area contributed by atoms with Crippen molar-refractivity contribution in [3.63, 3.8) is 0 Å². The standard InChI is InChI=1S/C7H4FO2/c8-6-3-1-2-5(4-6)7(9)10/h1,3-4H,(H,9,10). The van der Waals surface area contributed by atoms with E-state index in [-0.39, 0.29) is 5.56 Å². The molecule has 1 N–H and O–H groups in total. The zero-order valence-electron chi connectivity index (χ0n) is 4.97. The summed E-state index contributed by atoms with van der Waals surface area (Å²) in [6, 6.07) is 5.67. The Hall–Kier alpha value is -1.38. The first kappa shape index (κ1) is 6.74. The van der Waals surface area contributed by atoms with Crippen LogP contribution in [0.15, 0.2) is 18.2 Å². The number of benzene rings is 1. The quantitative estimate of drug-likeness (QED) is 0.637. The molecule has 0 bridgehead atoms. The van der Waals surface area contributed by atoms with Crippen LogP contribution in [0.25, 0.3) is 0 Å². The first-order valence-electron chi connectivity index (χ1n) is 2.60. The van der Waals surface area contributed by atoms with Gasteiger partial charge in [-0.05, 0) is 18.2 Å². The van der Waals surface area contributed by atoms with Crippen LogP contribution in [0.3, 0.4) is 0 Å². The molecule has 3 heteroatoms. The van der Waals surface area contributed by atoms with Gasteiger partial charge in [-0.1, -0.05) is 6.07 Å². The van der Waals surface area contributed by atoms with E-state index < -0.39 is 11.8 Å². The van der Waals surface area contributed by atoms with Crippen LogP contribution in [0.1, 0.15) is 10.4 Å². The molecule has 2 nitrogen and oxygen atoms in total. The summed E-state index contributed by atoms with van der Waals surface area (Å²) in [5.74, 6) is -1.73. The number of carbonyl (C=O) groups is 1. The smallest absolute Gasteiger partial charge is 0.336 e. The van der Waals surface area contributed by atoms with Crippen molar-refractivity contribution in [3.8, 4) is 0 Å². The predicted octanol–water partition coefficient (Wildman–Crippen LogP) is 1.32. The number of halogens is 1. The van der Waals surface area contributed by atoms with Crippen molar-refractivity contribution in [1.82, 2.24) is 0 Å². The van der Waals surface area contributed by atoms with Gasteiger partial charge in [-0.25, -0.2) is 9.18 Å². The molecule has 0 saturated heterocycles. The number of hydrogen-bond acceptors (Lipinski definition) is 1. The molecule has 10 heavy (non-hydrogen) atoms. The van der Waals surface area contributed by atoms with E-state index in [1.165, 1.54) is 6.07 Å². The van der Waals surface area contributed by atoms with Crippen LogP contribution in [0.4, 0.5) is 4.39 Å². The Kier molecular flexibility index (Phi) is 1.67. The first-order valence-corrected chi connectivity index (χ1v) is 2.60. The second kappa shape index (κ2) is 2.47. The van der Waals surface area contributed by atoms with Crippen LogP contribution in [0.2, 0.25) is 0 Å². The summed E-state index contributed by atoms with van der Waals surface area (Å²) in [5, 5.41) is 8.31.